The van der Waals surface area contributed by atoms with Gasteiger partial charge in [-0.3, -0.25) is 4.79 Å². The van der Waals surface area contributed by atoms with E-state index in [1.165, 1.54) is 0 Å². The second kappa shape index (κ2) is 6.87. The molecule has 0 saturated heterocycles. The molecule has 0 aliphatic heterocycles. The predicted molar refractivity (Wildman–Crippen MR) is 87.5 cm³/mol. The van der Waals surface area contributed by atoms with Gasteiger partial charge in [-0.1, -0.05) is 35.3 Å². The van der Waals surface area contributed by atoms with Crippen molar-refractivity contribution >= 4 is 27.7 Å². The van der Waals surface area contributed by atoms with Crippen LogP contribution in [0.4, 0.5) is 5.82 Å². The first-order valence-corrected chi connectivity index (χ1v) is 7.69. The minimum atomic E-state index is -0.499. The van der Waals surface area contributed by atoms with E-state index >= 15 is 0 Å². The molecule has 21 heavy (non-hydrogen) atoms. The lowest BCUT2D eigenvalue weighted by molar-refractivity contribution is -0.117. The summed E-state index contributed by atoms with van der Waals surface area (Å²) in [6.07, 6.45) is 1.54. The number of aryl methyl sites for hydroxylation is 1. The number of amides is 1. The normalized spacial score (nSPS) is 12.2. The van der Waals surface area contributed by atoms with Gasteiger partial charge in [-0.05, 0) is 31.5 Å². The van der Waals surface area contributed by atoms with Gasteiger partial charge < -0.3 is 11.1 Å². The number of hydrogen-bond acceptors (Lipinski definition) is 3. The lowest BCUT2D eigenvalue weighted by atomic mass is 10.2. The van der Waals surface area contributed by atoms with Crippen molar-refractivity contribution in [1.82, 2.24) is 9.78 Å². The van der Waals surface area contributed by atoms with Crippen molar-refractivity contribution in [2.75, 3.05) is 5.32 Å². The number of nitrogens with one attached hydrogen (secondary N) is 1. The Bertz CT molecular complexity index is 638. The molecule has 0 aliphatic carbocycles. The van der Waals surface area contributed by atoms with Crippen molar-refractivity contribution < 1.29 is 4.79 Å². The number of hydrogen-bond donors (Lipinski definition) is 2. The largest absolute Gasteiger partial charge is 0.320 e. The highest BCUT2D eigenvalue weighted by molar-refractivity contribution is 9.10. The predicted octanol–water partition coefficient (Wildman–Crippen LogP) is 3.01. The Morgan fingerprint density at radius 2 is 2.24 bits per heavy atom. The monoisotopic (exact) mass is 350 g/mol. The minimum absolute atomic E-state index is 0.187. The zero-order chi connectivity index (χ0) is 15.4. The first kappa shape index (κ1) is 15.7. The van der Waals surface area contributed by atoms with Gasteiger partial charge in [-0.25, -0.2) is 4.68 Å². The van der Waals surface area contributed by atoms with E-state index in [0.29, 0.717) is 12.2 Å². The summed E-state index contributed by atoms with van der Waals surface area (Å²) in [6, 6.07) is 9.06. The molecule has 1 atom stereocenters. The molecular weight excluding hydrogens is 332 g/mol. The van der Waals surface area contributed by atoms with Gasteiger partial charge >= 0.3 is 0 Å². The topological polar surface area (TPSA) is 72.9 Å². The number of carbonyl (C=O) groups excluding carboxylic acids is 1. The molecule has 0 fully saturated rings. The Balaban J connectivity index is 2.27. The summed E-state index contributed by atoms with van der Waals surface area (Å²) in [5.41, 5.74) is 7.55. The van der Waals surface area contributed by atoms with Crippen LogP contribution in [0, 0.1) is 6.92 Å². The van der Waals surface area contributed by atoms with Crippen molar-refractivity contribution in [2.45, 2.75) is 32.7 Å². The third-order valence-corrected chi connectivity index (χ3v) is 3.57. The smallest absolute Gasteiger partial charge is 0.242 e. The van der Waals surface area contributed by atoms with Crippen LogP contribution < -0.4 is 11.1 Å². The summed E-state index contributed by atoms with van der Waals surface area (Å²) in [6.45, 7) is 3.89. The highest BCUT2D eigenvalue weighted by atomic mass is 79.9. The molecule has 6 heteroatoms. The molecule has 112 valence electrons. The number of aromatic nitrogens is 2. The van der Waals surface area contributed by atoms with Crippen molar-refractivity contribution in [3.8, 4) is 5.69 Å². The SMILES string of the molecule is CCCC(N)C(=O)Nc1cc(C)nn1-c1cccc(Br)c1. The van der Waals surface area contributed by atoms with Gasteiger partial charge in [-0.15, -0.1) is 0 Å². The molecule has 1 amide bonds. The summed E-state index contributed by atoms with van der Waals surface area (Å²) in [5.74, 6) is 0.440. The average molecular weight is 351 g/mol. The van der Waals surface area contributed by atoms with Gasteiger partial charge in [0.2, 0.25) is 5.91 Å². The molecule has 1 aromatic carbocycles. The van der Waals surface area contributed by atoms with Crippen LogP contribution in [0.15, 0.2) is 34.8 Å². The van der Waals surface area contributed by atoms with Gasteiger partial charge in [0.1, 0.15) is 5.82 Å². The molecule has 3 N–H and O–H groups in total. The van der Waals surface area contributed by atoms with Crippen LogP contribution in [-0.4, -0.2) is 21.7 Å². The zero-order valence-electron chi connectivity index (χ0n) is 12.1. The van der Waals surface area contributed by atoms with E-state index < -0.39 is 6.04 Å². The standard InChI is InChI=1S/C15H19BrN4O/c1-3-5-13(17)15(21)18-14-8-10(2)19-20(14)12-7-4-6-11(16)9-12/h4,6-9,13H,3,5,17H2,1-2H3,(H,18,21). The van der Waals surface area contributed by atoms with Crippen molar-refractivity contribution in [2.24, 2.45) is 5.73 Å². The van der Waals surface area contributed by atoms with E-state index in [4.69, 9.17) is 5.73 Å². The minimum Gasteiger partial charge on any atom is -0.320 e. The molecule has 0 spiro atoms. The Hall–Kier alpha value is -1.66. The van der Waals surface area contributed by atoms with Crippen molar-refractivity contribution in [3.05, 3.63) is 40.5 Å². The summed E-state index contributed by atoms with van der Waals surface area (Å²) in [4.78, 5) is 12.1. The fraction of sp³-hybridized carbons (Fsp3) is 0.333. The molecule has 0 bridgehead atoms. The lowest BCUT2D eigenvalue weighted by Crippen LogP contribution is -2.35. The van der Waals surface area contributed by atoms with Crippen LogP contribution in [0.3, 0.4) is 0 Å². The van der Waals surface area contributed by atoms with Crippen LogP contribution in [-0.2, 0) is 4.79 Å². The molecular formula is C15H19BrN4O. The Kier molecular flexibility index (Phi) is 5.14. The van der Waals surface area contributed by atoms with Crippen molar-refractivity contribution in [3.63, 3.8) is 0 Å². The van der Waals surface area contributed by atoms with Crippen LogP contribution in [0.25, 0.3) is 5.69 Å². The molecule has 1 aromatic heterocycles. The first-order chi connectivity index (χ1) is 10.0. The van der Waals surface area contributed by atoms with E-state index in [0.717, 1.165) is 22.3 Å². The molecule has 0 aliphatic rings. The van der Waals surface area contributed by atoms with E-state index in [1.54, 1.807) is 4.68 Å². The Morgan fingerprint density at radius 1 is 1.48 bits per heavy atom. The average Bonchev–Trinajstić information content (AvgIpc) is 2.80. The van der Waals surface area contributed by atoms with Gasteiger partial charge in [0, 0.05) is 10.5 Å². The van der Waals surface area contributed by atoms with E-state index in [-0.39, 0.29) is 5.91 Å². The number of anilines is 1. The molecule has 0 radical (unpaired) electrons. The first-order valence-electron chi connectivity index (χ1n) is 6.90. The lowest BCUT2D eigenvalue weighted by Gasteiger charge is -2.12. The third-order valence-electron chi connectivity index (χ3n) is 3.07. The van der Waals surface area contributed by atoms with Crippen molar-refractivity contribution in [1.29, 1.82) is 0 Å². The highest BCUT2D eigenvalue weighted by Gasteiger charge is 2.16. The summed E-state index contributed by atoms with van der Waals surface area (Å²) in [7, 11) is 0. The van der Waals surface area contributed by atoms with Crippen LogP contribution in [0.2, 0.25) is 0 Å². The van der Waals surface area contributed by atoms with Gasteiger partial charge in [0.25, 0.3) is 0 Å². The van der Waals surface area contributed by atoms with Crippen LogP contribution in [0.1, 0.15) is 25.5 Å². The summed E-state index contributed by atoms with van der Waals surface area (Å²) < 4.78 is 2.66. The summed E-state index contributed by atoms with van der Waals surface area (Å²) in [5, 5.41) is 7.28. The molecule has 1 heterocycles. The Morgan fingerprint density at radius 3 is 2.90 bits per heavy atom. The van der Waals surface area contributed by atoms with Crippen LogP contribution >= 0.6 is 15.9 Å². The molecule has 2 aromatic rings. The maximum atomic E-state index is 12.1. The number of nitrogens with two attached hydrogens (primary N) is 1. The number of carbonyl (C=O) groups is 1. The quantitative estimate of drug-likeness (QED) is 0.870. The zero-order valence-corrected chi connectivity index (χ0v) is 13.7. The Labute approximate surface area is 132 Å². The maximum Gasteiger partial charge on any atom is 0.242 e. The number of nitrogens with zero attached hydrogens (tertiary/aromatic N) is 2. The fourth-order valence-electron chi connectivity index (χ4n) is 2.05. The molecule has 5 nitrogen and oxygen atoms in total. The van der Waals surface area contributed by atoms with Gasteiger partial charge in [0.15, 0.2) is 0 Å². The van der Waals surface area contributed by atoms with E-state index in [1.807, 2.05) is 44.2 Å². The van der Waals surface area contributed by atoms with E-state index in [2.05, 4.69) is 26.3 Å². The van der Waals surface area contributed by atoms with E-state index in [9.17, 15) is 4.79 Å². The molecule has 1 unspecified atom stereocenters. The van der Waals surface area contributed by atoms with Crippen LogP contribution in [0.5, 0.6) is 0 Å². The maximum absolute atomic E-state index is 12.1. The third kappa shape index (κ3) is 3.92. The molecule has 0 saturated carbocycles. The van der Waals surface area contributed by atoms with Gasteiger partial charge in [0.05, 0.1) is 17.4 Å². The number of halogens is 1. The number of rotatable bonds is 5. The second-order valence-corrected chi connectivity index (χ2v) is 5.86. The number of benzene rings is 1. The molecule has 2 rings (SSSR count). The van der Waals surface area contributed by atoms with Gasteiger partial charge in [-0.2, -0.15) is 5.10 Å². The second-order valence-electron chi connectivity index (χ2n) is 4.95. The fourth-order valence-corrected chi connectivity index (χ4v) is 2.44. The summed E-state index contributed by atoms with van der Waals surface area (Å²) >= 11 is 3.44. The highest BCUT2D eigenvalue weighted by Crippen LogP contribution is 2.20.